The van der Waals surface area contributed by atoms with Crippen LogP contribution in [0.5, 0.6) is 0 Å². The third-order valence-corrected chi connectivity index (χ3v) is 7.08. The number of benzene rings is 2. The molecule has 1 aromatic heterocycles. The number of anilines is 1. The maximum absolute atomic E-state index is 14.1. The Kier molecular flexibility index (Phi) is 7.26. The van der Waals surface area contributed by atoms with Crippen LogP contribution in [0.15, 0.2) is 73.1 Å². The number of carbonyl (C=O) groups is 1. The first-order valence-electron chi connectivity index (χ1n) is 12.3. The first-order chi connectivity index (χ1) is 17.6. The van der Waals surface area contributed by atoms with E-state index in [-0.39, 0.29) is 36.3 Å². The Morgan fingerprint density at radius 2 is 1.81 bits per heavy atom. The van der Waals surface area contributed by atoms with Gasteiger partial charge >= 0.3 is 6.03 Å². The minimum atomic E-state index is -0.451. The average Bonchev–Trinajstić information content (AvgIpc) is 2.89. The molecule has 2 aliphatic rings. The molecule has 2 N–H and O–H groups in total. The van der Waals surface area contributed by atoms with Crippen molar-refractivity contribution in [2.75, 3.05) is 31.6 Å². The number of urea groups is 1. The van der Waals surface area contributed by atoms with Gasteiger partial charge in [-0.15, -0.1) is 0 Å². The molecule has 0 unspecified atom stereocenters. The quantitative estimate of drug-likeness (QED) is 0.550. The summed E-state index contributed by atoms with van der Waals surface area (Å²) in [4.78, 5) is 21.2. The number of nitrogens with one attached hydrogen (secondary N) is 1. The van der Waals surface area contributed by atoms with Crippen molar-refractivity contribution in [2.45, 2.75) is 30.8 Å². The van der Waals surface area contributed by atoms with Gasteiger partial charge < -0.3 is 15.3 Å². The third-order valence-electron chi connectivity index (χ3n) is 7.08. The molecule has 3 atom stereocenters. The molecule has 2 saturated heterocycles. The summed E-state index contributed by atoms with van der Waals surface area (Å²) < 4.78 is 14.1. The van der Waals surface area contributed by atoms with E-state index in [2.05, 4.69) is 39.2 Å². The summed E-state index contributed by atoms with van der Waals surface area (Å²) >= 11 is 0. The molecule has 0 aliphatic carbocycles. The van der Waals surface area contributed by atoms with Crippen LogP contribution in [0.3, 0.4) is 0 Å². The lowest BCUT2D eigenvalue weighted by Crippen LogP contribution is -2.68. The molecule has 0 saturated carbocycles. The molecule has 2 amide bonds. The van der Waals surface area contributed by atoms with Crippen molar-refractivity contribution in [3.63, 3.8) is 0 Å². The van der Waals surface area contributed by atoms with E-state index >= 15 is 0 Å². The van der Waals surface area contributed by atoms with Crippen LogP contribution in [0, 0.1) is 17.7 Å². The Labute approximate surface area is 210 Å². The molecule has 3 heterocycles. The van der Waals surface area contributed by atoms with Crippen LogP contribution in [0.1, 0.15) is 35.4 Å². The van der Waals surface area contributed by atoms with Crippen molar-refractivity contribution in [2.24, 2.45) is 0 Å². The standard InChI is InChI=1S/C29H29FN4O2/c30-24-7-1-2-8-25(24)32-29(36)33-16-3-4-17-34-26(19-33)28(27(34)20-35)23-13-11-21(12-14-23)9-10-22-6-5-15-31-18-22/h1-2,5-8,11-15,18,26-28,35H,3-4,16-17,19-20H2,(H,32,36)/t26-,27+,28-/m0/s1. The number of aliphatic hydroxyl groups is 1. The zero-order valence-corrected chi connectivity index (χ0v) is 20.0. The third kappa shape index (κ3) is 5.11. The van der Waals surface area contributed by atoms with E-state index in [0.717, 1.165) is 36.1 Å². The summed E-state index contributed by atoms with van der Waals surface area (Å²) in [5, 5.41) is 12.9. The van der Waals surface area contributed by atoms with Crippen molar-refractivity contribution >= 4 is 11.7 Å². The number of hydrogen-bond acceptors (Lipinski definition) is 4. The van der Waals surface area contributed by atoms with Gasteiger partial charge in [-0.2, -0.15) is 0 Å². The molecule has 2 fully saturated rings. The van der Waals surface area contributed by atoms with E-state index < -0.39 is 5.82 Å². The summed E-state index contributed by atoms with van der Waals surface area (Å²) in [6.45, 7) is 2.09. The van der Waals surface area contributed by atoms with Crippen molar-refractivity contribution in [1.29, 1.82) is 0 Å². The first kappa shape index (κ1) is 24.0. The lowest BCUT2D eigenvalue weighted by atomic mass is 9.74. The number of hydrogen-bond donors (Lipinski definition) is 2. The van der Waals surface area contributed by atoms with Crippen molar-refractivity contribution in [1.82, 2.24) is 14.8 Å². The molecule has 2 aromatic carbocycles. The molecule has 3 aromatic rings. The molecule has 0 radical (unpaired) electrons. The molecule has 0 bridgehead atoms. The number of halogens is 1. The van der Waals surface area contributed by atoms with E-state index in [1.807, 2.05) is 24.3 Å². The highest BCUT2D eigenvalue weighted by Gasteiger charge is 2.49. The van der Waals surface area contributed by atoms with Gasteiger partial charge in [0.25, 0.3) is 0 Å². The van der Waals surface area contributed by atoms with E-state index in [4.69, 9.17) is 0 Å². The number of aromatic nitrogens is 1. The minimum absolute atomic E-state index is 0.0110. The second-order valence-corrected chi connectivity index (χ2v) is 9.26. The number of pyridine rings is 1. The maximum Gasteiger partial charge on any atom is 0.321 e. The second kappa shape index (κ2) is 10.9. The Balaban J connectivity index is 1.32. The number of rotatable bonds is 3. The van der Waals surface area contributed by atoms with E-state index in [1.165, 1.54) is 6.07 Å². The van der Waals surface area contributed by atoms with Crippen LogP contribution in [0.2, 0.25) is 0 Å². The summed E-state index contributed by atoms with van der Waals surface area (Å²) in [5.74, 6) is 5.94. The summed E-state index contributed by atoms with van der Waals surface area (Å²) in [6, 6.07) is 17.9. The van der Waals surface area contributed by atoms with Gasteiger partial charge in [-0.1, -0.05) is 36.1 Å². The lowest BCUT2D eigenvalue weighted by Gasteiger charge is -2.57. The lowest BCUT2D eigenvalue weighted by molar-refractivity contribution is -0.0585. The number of para-hydroxylation sites is 1. The van der Waals surface area contributed by atoms with E-state index in [9.17, 15) is 14.3 Å². The van der Waals surface area contributed by atoms with Crippen LogP contribution >= 0.6 is 0 Å². The zero-order chi connectivity index (χ0) is 24.9. The largest absolute Gasteiger partial charge is 0.395 e. The normalized spacial score (nSPS) is 21.7. The highest BCUT2D eigenvalue weighted by Crippen LogP contribution is 2.42. The second-order valence-electron chi connectivity index (χ2n) is 9.26. The van der Waals surface area contributed by atoms with Gasteiger partial charge in [0.1, 0.15) is 5.82 Å². The number of fused-ring (bicyclic) bond motifs is 1. The summed E-state index contributed by atoms with van der Waals surface area (Å²) in [6.07, 6.45) is 5.26. The van der Waals surface area contributed by atoms with Crippen LogP contribution in [-0.2, 0) is 0 Å². The topological polar surface area (TPSA) is 68.7 Å². The Morgan fingerprint density at radius 1 is 1.03 bits per heavy atom. The molecular weight excluding hydrogens is 455 g/mol. The van der Waals surface area contributed by atoms with Gasteiger partial charge in [-0.05, 0) is 61.3 Å². The van der Waals surface area contributed by atoms with Crippen molar-refractivity contribution in [3.05, 3.63) is 95.6 Å². The molecule has 184 valence electrons. The first-order valence-corrected chi connectivity index (χ1v) is 12.3. The Bertz CT molecular complexity index is 1260. The fourth-order valence-corrected chi connectivity index (χ4v) is 5.25. The highest BCUT2D eigenvalue weighted by molar-refractivity contribution is 5.89. The molecule has 6 nitrogen and oxygen atoms in total. The van der Waals surface area contributed by atoms with Crippen LogP contribution in [0.25, 0.3) is 0 Å². The average molecular weight is 485 g/mol. The molecule has 0 spiro atoms. The van der Waals surface area contributed by atoms with Crippen molar-refractivity contribution < 1.29 is 14.3 Å². The van der Waals surface area contributed by atoms with Crippen molar-refractivity contribution in [3.8, 4) is 11.8 Å². The number of aliphatic hydroxyl groups excluding tert-OH is 1. The summed E-state index contributed by atoms with van der Waals surface area (Å²) in [7, 11) is 0. The van der Waals surface area contributed by atoms with Crippen LogP contribution in [0.4, 0.5) is 14.9 Å². The number of nitrogens with zero attached hydrogens (tertiary/aromatic N) is 3. The Hall–Kier alpha value is -3.73. The molecular formula is C29H29FN4O2. The van der Waals surface area contributed by atoms with Gasteiger partial charge in [-0.25, -0.2) is 9.18 Å². The number of amides is 2. The van der Waals surface area contributed by atoms with Crippen LogP contribution in [-0.4, -0.2) is 64.2 Å². The van der Waals surface area contributed by atoms with Gasteiger partial charge in [0.05, 0.1) is 12.3 Å². The van der Waals surface area contributed by atoms with Crippen LogP contribution < -0.4 is 5.32 Å². The zero-order valence-electron chi connectivity index (χ0n) is 20.0. The minimum Gasteiger partial charge on any atom is -0.395 e. The van der Waals surface area contributed by atoms with Gasteiger partial charge in [0.15, 0.2) is 0 Å². The number of carbonyl (C=O) groups excluding carboxylic acids is 1. The molecule has 2 aliphatic heterocycles. The summed E-state index contributed by atoms with van der Waals surface area (Å²) in [5.41, 5.74) is 3.07. The smallest absolute Gasteiger partial charge is 0.321 e. The van der Waals surface area contributed by atoms with Gasteiger partial charge in [0.2, 0.25) is 0 Å². The van der Waals surface area contributed by atoms with Gasteiger partial charge in [-0.3, -0.25) is 9.88 Å². The van der Waals surface area contributed by atoms with Gasteiger partial charge in [0, 0.05) is 54.6 Å². The fourth-order valence-electron chi connectivity index (χ4n) is 5.25. The maximum atomic E-state index is 14.1. The SMILES string of the molecule is O=C(Nc1ccccc1F)N1CCCCN2[C@H](CO)[C@@H](c3ccc(C#Cc4cccnc4)cc3)[C@@H]2C1. The molecule has 7 heteroatoms. The van der Waals surface area contributed by atoms with E-state index in [1.54, 1.807) is 35.5 Å². The fraction of sp³-hybridized carbons (Fsp3) is 0.310. The molecule has 5 rings (SSSR count). The molecule has 36 heavy (non-hydrogen) atoms. The predicted octanol–water partition coefficient (Wildman–Crippen LogP) is 4.08. The Morgan fingerprint density at radius 3 is 2.56 bits per heavy atom. The highest BCUT2D eigenvalue weighted by atomic mass is 19.1. The predicted molar refractivity (Wildman–Crippen MR) is 137 cm³/mol. The van der Waals surface area contributed by atoms with E-state index in [0.29, 0.717) is 13.1 Å². The monoisotopic (exact) mass is 484 g/mol.